The molecule has 1 rings (SSSR count). The first-order valence-electron chi connectivity index (χ1n) is 6.20. The number of aromatic carboxylic acids is 1. The number of carboxylic acid groups (broad SMARTS) is 1. The van der Waals surface area contributed by atoms with Gasteiger partial charge in [0.05, 0.1) is 5.56 Å². The van der Waals surface area contributed by atoms with Crippen molar-refractivity contribution in [2.24, 2.45) is 0 Å². The average molecular weight is 316 g/mol. The number of hydrogen-bond donors (Lipinski definition) is 3. The minimum Gasteiger partial charge on any atom is -0.478 e. The number of nitrogens with one attached hydrogen (secondary N) is 2. The van der Waals surface area contributed by atoms with E-state index in [1.54, 1.807) is 13.2 Å². The van der Waals surface area contributed by atoms with E-state index in [9.17, 15) is 18.2 Å². The molecule has 6 nitrogen and oxygen atoms in total. The molecule has 0 spiro atoms. The van der Waals surface area contributed by atoms with E-state index in [0.29, 0.717) is 12.2 Å². The normalized spacial score (nSPS) is 13.3. The van der Waals surface area contributed by atoms with E-state index in [-0.39, 0.29) is 11.7 Å². The molecule has 0 aromatic heterocycles. The van der Waals surface area contributed by atoms with E-state index in [1.807, 2.05) is 0 Å². The van der Waals surface area contributed by atoms with Crippen molar-refractivity contribution in [1.82, 2.24) is 5.32 Å². The molecule has 0 saturated carbocycles. The van der Waals surface area contributed by atoms with Crippen LogP contribution < -0.4 is 10.6 Å². The predicted molar refractivity (Wildman–Crippen MR) is 78.5 cm³/mol. The highest BCUT2D eigenvalue weighted by Gasteiger charge is 2.13. The van der Waals surface area contributed by atoms with Gasteiger partial charge >= 0.3 is 12.0 Å². The topological polar surface area (TPSA) is 95.5 Å². The van der Waals surface area contributed by atoms with Crippen molar-refractivity contribution in [3.8, 4) is 0 Å². The van der Waals surface area contributed by atoms with E-state index < -0.39 is 34.2 Å². The summed E-state index contributed by atoms with van der Waals surface area (Å²) in [6.07, 6.45) is 2.14. The summed E-state index contributed by atoms with van der Waals surface area (Å²) in [5.74, 6) is -1.80. The van der Waals surface area contributed by atoms with Crippen molar-refractivity contribution in [2.75, 3.05) is 17.3 Å². The van der Waals surface area contributed by atoms with Gasteiger partial charge in [0.25, 0.3) is 0 Å². The summed E-state index contributed by atoms with van der Waals surface area (Å²) < 4.78 is 24.2. The molecule has 0 aliphatic carbocycles. The predicted octanol–water partition coefficient (Wildman–Crippen LogP) is 1.80. The lowest BCUT2D eigenvalue weighted by Crippen LogP contribution is -2.36. The van der Waals surface area contributed by atoms with Crippen molar-refractivity contribution >= 4 is 28.5 Å². The van der Waals surface area contributed by atoms with Crippen molar-refractivity contribution in [3.63, 3.8) is 0 Å². The SMILES string of the molecule is CC(CCS(C)=O)NC(=O)Nc1ccc(F)c(C(=O)O)c1. The first kappa shape index (κ1) is 17.1. The maximum absolute atomic E-state index is 13.2. The number of carbonyl (C=O) groups excluding carboxylic acids is 1. The van der Waals surface area contributed by atoms with Crippen LogP contribution in [0.5, 0.6) is 0 Å². The Morgan fingerprint density at radius 3 is 2.67 bits per heavy atom. The van der Waals surface area contributed by atoms with E-state index in [2.05, 4.69) is 10.6 Å². The Labute approximate surface area is 124 Å². The molecule has 1 aromatic rings. The molecule has 3 N–H and O–H groups in total. The summed E-state index contributed by atoms with van der Waals surface area (Å²) in [5, 5.41) is 13.8. The molecule has 8 heteroatoms. The van der Waals surface area contributed by atoms with Gasteiger partial charge in [0.2, 0.25) is 0 Å². The highest BCUT2D eigenvalue weighted by Crippen LogP contribution is 2.14. The van der Waals surface area contributed by atoms with Crippen LogP contribution in [0.15, 0.2) is 18.2 Å². The monoisotopic (exact) mass is 316 g/mol. The van der Waals surface area contributed by atoms with E-state index >= 15 is 0 Å². The molecule has 0 aliphatic heterocycles. The van der Waals surface area contributed by atoms with Crippen LogP contribution in [0.4, 0.5) is 14.9 Å². The molecular formula is C13H17FN2O4S. The maximum atomic E-state index is 13.2. The first-order chi connectivity index (χ1) is 9.79. The molecule has 21 heavy (non-hydrogen) atoms. The highest BCUT2D eigenvalue weighted by molar-refractivity contribution is 7.84. The van der Waals surface area contributed by atoms with Crippen molar-refractivity contribution in [1.29, 1.82) is 0 Å². The number of amides is 2. The summed E-state index contributed by atoms with van der Waals surface area (Å²) in [5.41, 5.74) is -0.334. The Morgan fingerprint density at radius 2 is 2.10 bits per heavy atom. The Morgan fingerprint density at radius 1 is 1.43 bits per heavy atom. The molecule has 2 amide bonds. The minimum atomic E-state index is -1.41. The van der Waals surface area contributed by atoms with Crippen molar-refractivity contribution in [2.45, 2.75) is 19.4 Å². The first-order valence-corrected chi connectivity index (χ1v) is 7.92. The third kappa shape index (κ3) is 5.90. The summed E-state index contributed by atoms with van der Waals surface area (Å²) in [6, 6.07) is 2.57. The number of urea groups is 1. The number of anilines is 1. The molecule has 2 atom stereocenters. The van der Waals surface area contributed by atoms with Gasteiger partial charge in [-0.3, -0.25) is 4.21 Å². The fourth-order valence-corrected chi connectivity index (χ4v) is 2.26. The van der Waals surface area contributed by atoms with Crippen LogP contribution in [0, 0.1) is 5.82 Å². The lowest BCUT2D eigenvalue weighted by atomic mass is 10.2. The number of halogens is 1. The zero-order valence-electron chi connectivity index (χ0n) is 11.7. The average Bonchev–Trinajstić information content (AvgIpc) is 2.38. The highest BCUT2D eigenvalue weighted by atomic mass is 32.2. The van der Waals surface area contributed by atoms with Crippen LogP contribution in [0.2, 0.25) is 0 Å². The molecular weight excluding hydrogens is 299 g/mol. The molecule has 1 aromatic carbocycles. The summed E-state index contributed by atoms with van der Waals surface area (Å²) in [7, 11) is -0.929. The summed E-state index contributed by atoms with van der Waals surface area (Å²) >= 11 is 0. The molecule has 0 saturated heterocycles. The number of carbonyl (C=O) groups is 2. The van der Waals surface area contributed by atoms with Crippen molar-refractivity contribution in [3.05, 3.63) is 29.6 Å². The maximum Gasteiger partial charge on any atom is 0.338 e. The van der Waals surface area contributed by atoms with Gasteiger partial charge in [0, 0.05) is 34.5 Å². The second-order valence-corrected chi connectivity index (χ2v) is 6.12. The second-order valence-electron chi connectivity index (χ2n) is 4.57. The standard InChI is InChI=1S/C13H17FN2O4S/c1-8(5-6-21(2)20)15-13(19)16-9-3-4-11(14)10(7-9)12(17)18/h3-4,7-8H,5-6H2,1-2H3,(H,17,18)(H2,15,16,19). The van der Waals surface area contributed by atoms with Gasteiger partial charge in [0.15, 0.2) is 0 Å². The molecule has 0 bridgehead atoms. The summed E-state index contributed by atoms with van der Waals surface area (Å²) in [4.78, 5) is 22.5. The number of carboxylic acids is 1. The lowest BCUT2D eigenvalue weighted by Gasteiger charge is -2.14. The van der Waals surface area contributed by atoms with E-state index in [1.165, 1.54) is 6.07 Å². The smallest absolute Gasteiger partial charge is 0.338 e. The quantitative estimate of drug-likeness (QED) is 0.746. The van der Waals surface area contributed by atoms with Gasteiger partial charge in [-0.05, 0) is 31.5 Å². The van der Waals surface area contributed by atoms with Gasteiger partial charge in [0.1, 0.15) is 5.82 Å². The summed E-state index contributed by atoms with van der Waals surface area (Å²) in [6.45, 7) is 1.76. The molecule has 0 radical (unpaired) electrons. The number of rotatable bonds is 6. The Balaban J connectivity index is 2.61. The van der Waals surface area contributed by atoms with Crippen LogP contribution >= 0.6 is 0 Å². The molecule has 2 unspecified atom stereocenters. The molecule has 116 valence electrons. The molecule has 0 fully saturated rings. The Kier molecular flexibility index (Phi) is 6.29. The van der Waals surface area contributed by atoms with Crippen molar-refractivity contribution < 1.29 is 23.3 Å². The zero-order valence-corrected chi connectivity index (χ0v) is 12.5. The van der Waals surface area contributed by atoms with E-state index in [4.69, 9.17) is 5.11 Å². The third-order valence-corrected chi connectivity index (χ3v) is 3.48. The van der Waals surface area contributed by atoms with Crippen LogP contribution in [-0.4, -0.2) is 39.4 Å². The van der Waals surface area contributed by atoms with Crippen LogP contribution in [0.1, 0.15) is 23.7 Å². The fraction of sp³-hybridized carbons (Fsp3) is 0.385. The second kappa shape index (κ2) is 7.72. The van der Waals surface area contributed by atoms with Gasteiger partial charge in [-0.1, -0.05) is 0 Å². The van der Waals surface area contributed by atoms with Gasteiger partial charge in [-0.2, -0.15) is 0 Å². The lowest BCUT2D eigenvalue weighted by molar-refractivity contribution is 0.0692. The van der Waals surface area contributed by atoms with Gasteiger partial charge in [-0.15, -0.1) is 0 Å². The fourth-order valence-electron chi connectivity index (χ4n) is 1.57. The van der Waals surface area contributed by atoms with Gasteiger partial charge < -0.3 is 15.7 Å². The Bertz CT molecular complexity index is 565. The Hall–Kier alpha value is -1.96. The molecule has 0 heterocycles. The zero-order chi connectivity index (χ0) is 16.0. The largest absolute Gasteiger partial charge is 0.478 e. The van der Waals surface area contributed by atoms with Crippen LogP contribution in [0.3, 0.4) is 0 Å². The molecule has 0 aliphatic rings. The third-order valence-electron chi connectivity index (χ3n) is 2.67. The minimum absolute atomic E-state index is 0.178. The van der Waals surface area contributed by atoms with E-state index in [0.717, 1.165) is 12.1 Å². The van der Waals surface area contributed by atoms with Gasteiger partial charge in [-0.25, -0.2) is 14.0 Å². The van der Waals surface area contributed by atoms with Crippen LogP contribution in [-0.2, 0) is 10.8 Å². The number of benzene rings is 1. The number of hydrogen-bond acceptors (Lipinski definition) is 3. The van der Waals surface area contributed by atoms with Crippen LogP contribution in [0.25, 0.3) is 0 Å².